The fourth-order valence-corrected chi connectivity index (χ4v) is 2.42. The minimum absolute atomic E-state index is 0.288. The maximum absolute atomic E-state index is 6.06. The molecule has 0 saturated carbocycles. The molecule has 0 unspecified atom stereocenters. The summed E-state index contributed by atoms with van der Waals surface area (Å²) in [6.45, 7) is 0. The molecule has 0 radical (unpaired) electrons. The molecule has 0 saturated heterocycles. The normalized spacial score (nSPS) is 11.1. The van der Waals surface area contributed by atoms with Gasteiger partial charge in [0.2, 0.25) is 0 Å². The SMILES string of the molecule is ClCc1nc2cccnc2n1-c1ccc(Cl)c(Cl)c1. The highest BCUT2D eigenvalue weighted by molar-refractivity contribution is 6.42. The number of imidazole rings is 1. The summed E-state index contributed by atoms with van der Waals surface area (Å²) in [5, 5.41) is 0.993. The monoisotopic (exact) mass is 311 g/mol. The van der Waals surface area contributed by atoms with Crippen LogP contribution < -0.4 is 0 Å². The van der Waals surface area contributed by atoms with Gasteiger partial charge in [-0.2, -0.15) is 0 Å². The van der Waals surface area contributed by atoms with Gasteiger partial charge in [-0.3, -0.25) is 4.57 Å². The van der Waals surface area contributed by atoms with Crippen LogP contribution in [-0.4, -0.2) is 14.5 Å². The van der Waals surface area contributed by atoms with Crippen LogP contribution >= 0.6 is 34.8 Å². The molecular formula is C13H8Cl3N3. The van der Waals surface area contributed by atoms with Gasteiger partial charge in [-0.05, 0) is 30.3 Å². The molecule has 19 heavy (non-hydrogen) atoms. The van der Waals surface area contributed by atoms with Gasteiger partial charge in [0.1, 0.15) is 11.3 Å². The largest absolute Gasteiger partial charge is 0.280 e. The summed E-state index contributed by atoms with van der Waals surface area (Å²) in [6, 6.07) is 9.11. The summed E-state index contributed by atoms with van der Waals surface area (Å²) in [4.78, 5) is 8.80. The van der Waals surface area contributed by atoms with Crippen LogP contribution in [0.25, 0.3) is 16.9 Å². The van der Waals surface area contributed by atoms with Crippen molar-refractivity contribution in [3.05, 3.63) is 52.4 Å². The highest BCUT2D eigenvalue weighted by Gasteiger charge is 2.13. The summed E-state index contributed by atoms with van der Waals surface area (Å²) >= 11 is 17.9. The predicted octanol–water partition coefficient (Wildman–Crippen LogP) is 4.47. The van der Waals surface area contributed by atoms with E-state index in [1.807, 2.05) is 22.8 Å². The lowest BCUT2D eigenvalue weighted by molar-refractivity contribution is 0.970. The summed E-state index contributed by atoms with van der Waals surface area (Å²) in [5.41, 5.74) is 2.38. The molecule has 2 aromatic heterocycles. The van der Waals surface area contributed by atoms with E-state index in [2.05, 4.69) is 9.97 Å². The van der Waals surface area contributed by atoms with Gasteiger partial charge >= 0.3 is 0 Å². The first-order chi connectivity index (χ1) is 9.20. The number of hydrogen-bond acceptors (Lipinski definition) is 2. The van der Waals surface area contributed by atoms with E-state index in [0.717, 1.165) is 16.9 Å². The lowest BCUT2D eigenvalue weighted by Crippen LogP contribution is -2.00. The third-order valence-corrected chi connectivity index (χ3v) is 3.74. The molecule has 96 valence electrons. The molecule has 0 N–H and O–H groups in total. The number of pyridine rings is 1. The second kappa shape index (κ2) is 5.00. The number of halogens is 3. The van der Waals surface area contributed by atoms with Crippen molar-refractivity contribution in [2.24, 2.45) is 0 Å². The van der Waals surface area contributed by atoms with Crippen LogP contribution in [0, 0.1) is 0 Å². The van der Waals surface area contributed by atoms with Crippen molar-refractivity contribution in [1.29, 1.82) is 0 Å². The molecule has 3 nitrogen and oxygen atoms in total. The third-order valence-electron chi connectivity index (χ3n) is 2.77. The van der Waals surface area contributed by atoms with Crippen LogP contribution in [0.15, 0.2) is 36.5 Å². The van der Waals surface area contributed by atoms with Crippen molar-refractivity contribution in [3.63, 3.8) is 0 Å². The first kappa shape index (κ1) is 12.7. The zero-order chi connectivity index (χ0) is 13.4. The minimum Gasteiger partial charge on any atom is -0.280 e. The molecule has 0 aliphatic rings. The first-order valence-electron chi connectivity index (χ1n) is 5.54. The number of rotatable bonds is 2. The standard InChI is InChI=1S/C13H8Cl3N3/c14-7-12-18-11-2-1-5-17-13(11)19(12)8-3-4-9(15)10(16)6-8/h1-6H,7H2. The molecule has 0 spiro atoms. The Morgan fingerprint density at radius 1 is 1.11 bits per heavy atom. The fourth-order valence-electron chi connectivity index (χ4n) is 1.94. The quantitative estimate of drug-likeness (QED) is 0.654. The lowest BCUT2D eigenvalue weighted by Gasteiger charge is -2.08. The van der Waals surface area contributed by atoms with E-state index < -0.39 is 0 Å². The average molecular weight is 313 g/mol. The summed E-state index contributed by atoms with van der Waals surface area (Å²) in [6.07, 6.45) is 1.72. The molecule has 2 heterocycles. The Morgan fingerprint density at radius 2 is 1.95 bits per heavy atom. The van der Waals surface area contributed by atoms with Gasteiger partial charge in [0.25, 0.3) is 0 Å². The molecule has 0 fully saturated rings. The van der Waals surface area contributed by atoms with Gasteiger partial charge in [0.15, 0.2) is 5.65 Å². The van der Waals surface area contributed by atoms with Gasteiger partial charge in [-0.1, -0.05) is 23.2 Å². The summed E-state index contributed by atoms with van der Waals surface area (Å²) < 4.78 is 1.88. The molecule has 0 aliphatic carbocycles. The van der Waals surface area contributed by atoms with Crippen molar-refractivity contribution in [1.82, 2.24) is 14.5 Å². The molecule has 3 rings (SSSR count). The lowest BCUT2D eigenvalue weighted by atomic mass is 10.3. The zero-order valence-corrected chi connectivity index (χ0v) is 11.9. The topological polar surface area (TPSA) is 30.7 Å². The second-order valence-electron chi connectivity index (χ2n) is 3.94. The summed E-state index contributed by atoms with van der Waals surface area (Å²) in [5.74, 6) is 1.00. The van der Waals surface area contributed by atoms with E-state index in [0.29, 0.717) is 15.9 Å². The number of nitrogens with zero attached hydrogens (tertiary/aromatic N) is 3. The number of benzene rings is 1. The van der Waals surface area contributed by atoms with E-state index >= 15 is 0 Å². The van der Waals surface area contributed by atoms with Crippen LogP contribution in [-0.2, 0) is 5.88 Å². The number of alkyl halides is 1. The number of fused-ring (bicyclic) bond motifs is 1. The van der Waals surface area contributed by atoms with Crippen LogP contribution in [0.2, 0.25) is 10.0 Å². The van der Waals surface area contributed by atoms with Gasteiger partial charge in [-0.25, -0.2) is 9.97 Å². The first-order valence-corrected chi connectivity index (χ1v) is 6.83. The molecule has 0 aliphatic heterocycles. The molecule has 1 aromatic carbocycles. The van der Waals surface area contributed by atoms with Gasteiger partial charge in [0, 0.05) is 6.20 Å². The third kappa shape index (κ3) is 2.18. The van der Waals surface area contributed by atoms with Crippen molar-refractivity contribution in [2.75, 3.05) is 0 Å². The molecule has 0 bridgehead atoms. The van der Waals surface area contributed by atoms with E-state index in [1.54, 1.807) is 18.3 Å². The Morgan fingerprint density at radius 3 is 2.68 bits per heavy atom. The van der Waals surface area contributed by atoms with Gasteiger partial charge in [0.05, 0.1) is 21.6 Å². The van der Waals surface area contributed by atoms with E-state index in [-0.39, 0.29) is 5.88 Å². The number of hydrogen-bond donors (Lipinski definition) is 0. The Kier molecular flexibility index (Phi) is 3.35. The van der Waals surface area contributed by atoms with Crippen molar-refractivity contribution in [3.8, 4) is 5.69 Å². The molecular weight excluding hydrogens is 305 g/mol. The average Bonchev–Trinajstić information content (AvgIpc) is 2.80. The highest BCUT2D eigenvalue weighted by Crippen LogP contribution is 2.27. The van der Waals surface area contributed by atoms with Gasteiger partial charge < -0.3 is 0 Å². The van der Waals surface area contributed by atoms with Crippen LogP contribution in [0.5, 0.6) is 0 Å². The van der Waals surface area contributed by atoms with E-state index in [1.165, 1.54) is 0 Å². The Hall–Kier alpha value is -1.29. The fraction of sp³-hybridized carbons (Fsp3) is 0.0769. The molecule has 0 atom stereocenters. The van der Waals surface area contributed by atoms with Gasteiger partial charge in [-0.15, -0.1) is 11.6 Å². The maximum Gasteiger partial charge on any atom is 0.164 e. The second-order valence-corrected chi connectivity index (χ2v) is 5.02. The summed E-state index contributed by atoms with van der Waals surface area (Å²) in [7, 11) is 0. The van der Waals surface area contributed by atoms with E-state index in [9.17, 15) is 0 Å². The maximum atomic E-state index is 6.06. The Balaban J connectivity index is 2.31. The number of aromatic nitrogens is 3. The molecule has 3 aromatic rings. The van der Waals surface area contributed by atoms with Crippen molar-refractivity contribution < 1.29 is 0 Å². The Bertz CT molecular complexity index is 752. The zero-order valence-electron chi connectivity index (χ0n) is 9.65. The highest BCUT2D eigenvalue weighted by atomic mass is 35.5. The van der Waals surface area contributed by atoms with E-state index in [4.69, 9.17) is 34.8 Å². The Labute approximate surface area is 124 Å². The van der Waals surface area contributed by atoms with Crippen molar-refractivity contribution >= 4 is 46.0 Å². The molecule has 0 amide bonds. The van der Waals surface area contributed by atoms with Crippen LogP contribution in [0.3, 0.4) is 0 Å². The predicted molar refractivity (Wildman–Crippen MR) is 78.4 cm³/mol. The van der Waals surface area contributed by atoms with Crippen LogP contribution in [0.4, 0.5) is 0 Å². The molecule has 6 heteroatoms. The van der Waals surface area contributed by atoms with Crippen molar-refractivity contribution in [2.45, 2.75) is 5.88 Å². The minimum atomic E-state index is 0.288. The van der Waals surface area contributed by atoms with Crippen LogP contribution in [0.1, 0.15) is 5.82 Å². The smallest absolute Gasteiger partial charge is 0.164 e.